The maximum Gasteiger partial charge on any atom is 0.281 e. The molecule has 4 aromatic rings. The fourth-order valence-corrected chi connectivity index (χ4v) is 3.34. The molecule has 0 saturated carbocycles. The van der Waals surface area contributed by atoms with Crippen LogP contribution in [0.4, 0.5) is 11.6 Å². The summed E-state index contributed by atoms with van der Waals surface area (Å²) in [6, 6.07) is 23.1. The van der Waals surface area contributed by atoms with Crippen LogP contribution >= 0.6 is 0 Å². The van der Waals surface area contributed by atoms with Gasteiger partial charge < -0.3 is 15.0 Å². The van der Waals surface area contributed by atoms with Gasteiger partial charge in [-0.3, -0.25) is 4.79 Å². The van der Waals surface area contributed by atoms with E-state index >= 15 is 0 Å². The van der Waals surface area contributed by atoms with Crippen LogP contribution in [0.3, 0.4) is 0 Å². The van der Waals surface area contributed by atoms with Crippen molar-refractivity contribution in [3.63, 3.8) is 0 Å². The Kier molecular flexibility index (Phi) is 6.40. The normalized spacial score (nSPS) is 10.7. The third-order valence-corrected chi connectivity index (χ3v) is 5.35. The highest BCUT2D eigenvalue weighted by Gasteiger charge is 2.19. The van der Waals surface area contributed by atoms with Crippen molar-refractivity contribution in [1.29, 1.82) is 0 Å². The van der Waals surface area contributed by atoms with Gasteiger partial charge in [0.2, 0.25) is 5.95 Å². The number of carbonyl (C=O) groups is 1. The molecule has 0 amide bonds. The Morgan fingerprint density at radius 1 is 0.970 bits per heavy atom. The molecule has 0 aliphatic rings. The first-order chi connectivity index (χ1) is 15.9. The molecule has 0 atom stereocenters. The van der Waals surface area contributed by atoms with Gasteiger partial charge in [0.15, 0.2) is 5.82 Å². The topological polar surface area (TPSA) is 72.3 Å². The van der Waals surface area contributed by atoms with Crippen LogP contribution in [0.1, 0.15) is 21.5 Å². The number of aromatic nitrogens is 3. The van der Waals surface area contributed by atoms with Crippen molar-refractivity contribution in [1.82, 2.24) is 14.8 Å². The average molecular weight is 442 g/mol. The second-order valence-electron chi connectivity index (χ2n) is 7.98. The van der Waals surface area contributed by atoms with E-state index in [0.717, 1.165) is 28.1 Å². The molecule has 0 unspecified atom stereocenters. The number of hydrogen-bond acceptors (Lipinski definition) is 6. The lowest BCUT2D eigenvalue weighted by Gasteiger charge is -2.13. The van der Waals surface area contributed by atoms with E-state index in [1.54, 1.807) is 19.2 Å². The zero-order valence-electron chi connectivity index (χ0n) is 19.2. The van der Waals surface area contributed by atoms with Crippen molar-refractivity contribution in [3.05, 3.63) is 89.5 Å². The minimum absolute atomic E-state index is 0.243. The largest absolute Gasteiger partial charge is 0.497 e. The van der Waals surface area contributed by atoms with Crippen molar-refractivity contribution in [2.75, 3.05) is 31.4 Å². The molecule has 3 aromatic carbocycles. The monoisotopic (exact) mass is 441 g/mol. The maximum absolute atomic E-state index is 13.2. The summed E-state index contributed by atoms with van der Waals surface area (Å²) < 4.78 is 6.57. The van der Waals surface area contributed by atoms with Gasteiger partial charge >= 0.3 is 0 Å². The van der Waals surface area contributed by atoms with Crippen molar-refractivity contribution < 1.29 is 9.53 Å². The summed E-state index contributed by atoms with van der Waals surface area (Å²) in [4.78, 5) is 19.9. The Bertz CT molecular complexity index is 1230. The van der Waals surface area contributed by atoms with Crippen LogP contribution < -0.4 is 15.0 Å². The van der Waals surface area contributed by atoms with Gasteiger partial charge in [-0.15, -0.1) is 5.10 Å². The predicted molar refractivity (Wildman–Crippen MR) is 131 cm³/mol. The predicted octanol–water partition coefficient (Wildman–Crippen LogP) is 4.63. The summed E-state index contributed by atoms with van der Waals surface area (Å²) in [6.45, 7) is 2.50. The molecule has 1 N–H and O–H groups in total. The fraction of sp³-hybridized carbons (Fsp3) is 0.192. The Labute approximate surface area is 193 Å². The Hall–Kier alpha value is -4.13. The molecule has 0 aliphatic heterocycles. The van der Waals surface area contributed by atoms with Crippen molar-refractivity contribution in [2.24, 2.45) is 0 Å². The summed E-state index contributed by atoms with van der Waals surface area (Å²) in [5, 5.41) is 7.81. The number of anilines is 2. The molecule has 1 aromatic heterocycles. The number of rotatable bonds is 7. The van der Waals surface area contributed by atoms with Crippen LogP contribution in [0, 0.1) is 6.92 Å². The van der Waals surface area contributed by atoms with Crippen molar-refractivity contribution in [3.8, 4) is 17.1 Å². The third kappa shape index (κ3) is 5.03. The lowest BCUT2D eigenvalue weighted by molar-refractivity contribution is 0.0947. The summed E-state index contributed by atoms with van der Waals surface area (Å²) in [6.07, 6.45) is 0. The van der Waals surface area contributed by atoms with E-state index in [4.69, 9.17) is 4.74 Å². The van der Waals surface area contributed by atoms with E-state index in [1.165, 1.54) is 4.68 Å². The molecule has 0 aliphatic carbocycles. The molecule has 33 heavy (non-hydrogen) atoms. The third-order valence-electron chi connectivity index (χ3n) is 5.35. The average Bonchev–Trinajstić information content (AvgIpc) is 3.27. The Balaban J connectivity index is 1.64. The number of nitrogens with zero attached hydrogens (tertiary/aromatic N) is 4. The Morgan fingerprint density at radius 2 is 1.64 bits per heavy atom. The van der Waals surface area contributed by atoms with E-state index in [2.05, 4.69) is 44.6 Å². The molecule has 7 nitrogen and oxygen atoms in total. The lowest BCUT2D eigenvalue weighted by Crippen LogP contribution is -2.17. The van der Waals surface area contributed by atoms with Crippen LogP contribution in [0.15, 0.2) is 72.8 Å². The number of ether oxygens (including phenoxy) is 1. The SMILES string of the molecule is COc1ccc(-c2nc(NCc3ccc(N(C)C)cc3)n(C(=O)c3ccc(C)cc3)n2)cc1. The van der Waals surface area contributed by atoms with Gasteiger partial charge in [0, 0.05) is 37.5 Å². The maximum atomic E-state index is 13.2. The molecule has 1 heterocycles. The zero-order valence-corrected chi connectivity index (χ0v) is 19.2. The van der Waals surface area contributed by atoms with Gasteiger partial charge in [-0.2, -0.15) is 9.67 Å². The van der Waals surface area contributed by atoms with Crippen LogP contribution in [-0.4, -0.2) is 41.9 Å². The molecule has 0 spiro atoms. The van der Waals surface area contributed by atoms with Gasteiger partial charge in [0.1, 0.15) is 5.75 Å². The Morgan fingerprint density at radius 3 is 2.24 bits per heavy atom. The minimum atomic E-state index is -0.243. The molecule has 0 fully saturated rings. The number of methoxy groups -OCH3 is 1. The highest BCUT2D eigenvalue weighted by atomic mass is 16.5. The summed E-state index contributed by atoms with van der Waals surface area (Å²) >= 11 is 0. The van der Waals surface area contributed by atoms with Crippen molar-refractivity contribution in [2.45, 2.75) is 13.5 Å². The van der Waals surface area contributed by atoms with Crippen LogP contribution in [-0.2, 0) is 6.54 Å². The summed E-state index contributed by atoms with van der Waals surface area (Å²) in [7, 11) is 5.63. The fourth-order valence-electron chi connectivity index (χ4n) is 3.34. The van der Waals surface area contributed by atoms with Crippen LogP contribution in [0.25, 0.3) is 11.4 Å². The van der Waals surface area contributed by atoms with E-state index in [1.807, 2.05) is 57.4 Å². The van der Waals surface area contributed by atoms with Crippen LogP contribution in [0.5, 0.6) is 5.75 Å². The van der Waals surface area contributed by atoms with E-state index in [0.29, 0.717) is 23.9 Å². The van der Waals surface area contributed by atoms with E-state index in [-0.39, 0.29) is 5.91 Å². The van der Waals surface area contributed by atoms with Gasteiger partial charge in [0.05, 0.1) is 7.11 Å². The molecule has 4 rings (SSSR count). The molecule has 168 valence electrons. The lowest BCUT2D eigenvalue weighted by atomic mass is 10.1. The molecule has 0 radical (unpaired) electrons. The number of hydrogen-bond donors (Lipinski definition) is 1. The number of benzene rings is 3. The highest BCUT2D eigenvalue weighted by molar-refractivity contribution is 5.97. The number of aryl methyl sites for hydroxylation is 1. The smallest absolute Gasteiger partial charge is 0.281 e. The van der Waals surface area contributed by atoms with E-state index < -0.39 is 0 Å². The zero-order chi connectivity index (χ0) is 23.4. The second-order valence-corrected chi connectivity index (χ2v) is 7.98. The van der Waals surface area contributed by atoms with Gasteiger partial charge in [-0.1, -0.05) is 29.8 Å². The molecular formula is C26H27N5O2. The van der Waals surface area contributed by atoms with Crippen LogP contribution in [0.2, 0.25) is 0 Å². The standard InChI is InChI=1S/C26H27N5O2/c1-18-5-9-21(10-6-18)25(32)31-26(27-17-19-7-13-22(14-8-19)30(2)3)28-24(29-31)20-11-15-23(33-4)16-12-20/h5-16H,17H2,1-4H3,(H,27,28,29). The second kappa shape index (κ2) is 9.56. The molecule has 0 bridgehead atoms. The minimum Gasteiger partial charge on any atom is -0.497 e. The first-order valence-corrected chi connectivity index (χ1v) is 10.7. The highest BCUT2D eigenvalue weighted by Crippen LogP contribution is 2.22. The van der Waals surface area contributed by atoms with Gasteiger partial charge in [0.25, 0.3) is 5.91 Å². The first kappa shape index (κ1) is 22.1. The summed E-state index contributed by atoms with van der Waals surface area (Å²) in [5.41, 5.74) is 4.63. The van der Waals surface area contributed by atoms with Crippen molar-refractivity contribution >= 4 is 17.5 Å². The molecular weight excluding hydrogens is 414 g/mol. The number of nitrogens with one attached hydrogen (secondary N) is 1. The van der Waals surface area contributed by atoms with Gasteiger partial charge in [-0.05, 0) is 61.0 Å². The summed E-state index contributed by atoms with van der Waals surface area (Å²) in [5.74, 6) is 1.35. The van der Waals surface area contributed by atoms with E-state index in [9.17, 15) is 4.79 Å². The number of carbonyl (C=O) groups excluding carboxylic acids is 1. The first-order valence-electron chi connectivity index (χ1n) is 10.7. The quantitative estimate of drug-likeness (QED) is 0.451. The molecule has 7 heteroatoms. The van der Waals surface area contributed by atoms with Gasteiger partial charge in [-0.25, -0.2) is 0 Å². The molecule has 0 saturated heterocycles.